The first kappa shape index (κ1) is 11.2. The Hall–Kier alpha value is -0.830. The van der Waals surface area contributed by atoms with E-state index in [1.807, 2.05) is 0 Å². The summed E-state index contributed by atoms with van der Waals surface area (Å²) >= 11 is 0. The highest BCUT2D eigenvalue weighted by atomic mass is 16.3. The van der Waals surface area contributed by atoms with E-state index in [0.29, 0.717) is 6.42 Å². The summed E-state index contributed by atoms with van der Waals surface area (Å²) in [5.41, 5.74) is 1.25. The van der Waals surface area contributed by atoms with E-state index in [2.05, 4.69) is 11.4 Å². The van der Waals surface area contributed by atoms with Crippen molar-refractivity contribution in [3.8, 4) is 0 Å². The maximum absolute atomic E-state index is 11.4. The SMILES string of the molecule is C[C@H](CO)NC(=O)CC1=CCCCC1. The van der Waals surface area contributed by atoms with Gasteiger partial charge in [-0.3, -0.25) is 4.79 Å². The topological polar surface area (TPSA) is 49.3 Å². The molecule has 2 N–H and O–H groups in total. The lowest BCUT2D eigenvalue weighted by molar-refractivity contribution is -0.121. The summed E-state index contributed by atoms with van der Waals surface area (Å²) in [4.78, 5) is 11.4. The van der Waals surface area contributed by atoms with Crippen molar-refractivity contribution < 1.29 is 9.90 Å². The molecule has 1 aliphatic rings. The van der Waals surface area contributed by atoms with Gasteiger partial charge in [0, 0.05) is 12.5 Å². The van der Waals surface area contributed by atoms with Crippen molar-refractivity contribution >= 4 is 5.91 Å². The van der Waals surface area contributed by atoms with Gasteiger partial charge in [0.1, 0.15) is 0 Å². The van der Waals surface area contributed by atoms with Crippen LogP contribution in [0.5, 0.6) is 0 Å². The van der Waals surface area contributed by atoms with Crippen molar-refractivity contribution in [2.75, 3.05) is 6.61 Å². The van der Waals surface area contributed by atoms with Crippen LogP contribution in [-0.2, 0) is 4.79 Å². The lowest BCUT2D eigenvalue weighted by Crippen LogP contribution is -2.35. The van der Waals surface area contributed by atoms with E-state index in [-0.39, 0.29) is 18.6 Å². The molecule has 0 spiro atoms. The second-order valence-corrected chi connectivity index (χ2v) is 3.94. The van der Waals surface area contributed by atoms with Crippen molar-refractivity contribution in [3.05, 3.63) is 11.6 Å². The predicted octanol–water partition coefficient (Wildman–Crippen LogP) is 1.37. The molecule has 0 radical (unpaired) electrons. The van der Waals surface area contributed by atoms with Crippen LogP contribution in [0.4, 0.5) is 0 Å². The third-order valence-electron chi connectivity index (χ3n) is 2.45. The van der Waals surface area contributed by atoms with Gasteiger partial charge in [0.15, 0.2) is 0 Å². The number of rotatable bonds is 4. The highest BCUT2D eigenvalue weighted by Gasteiger charge is 2.10. The molecule has 0 unspecified atom stereocenters. The van der Waals surface area contributed by atoms with Crippen LogP contribution in [0.25, 0.3) is 0 Å². The first-order chi connectivity index (χ1) is 6.72. The molecule has 0 heterocycles. The molecule has 0 saturated heterocycles. The summed E-state index contributed by atoms with van der Waals surface area (Å²) in [6.07, 6.45) is 7.29. The molecule has 1 amide bonds. The minimum absolute atomic E-state index is 0.00475. The van der Waals surface area contributed by atoms with Gasteiger partial charge in [-0.25, -0.2) is 0 Å². The molecule has 0 aromatic carbocycles. The summed E-state index contributed by atoms with van der Waals surface area (Å²) in [5.74, 6) is 0.0275. The van der Waals surface area contributed by atoms with Crippen LogP contribution in [0, 0.1) is 0 Å². The number of hydrogen-bond donors (Lipinski definition) is 2. The van der Waals surface area contributed by atoms with Gasteiger partial charge in [0.2, 0.25) is 5.91 Å². The van der Waals surface area contributed by atoms with Crippen LogP contribution in [-0.4, -0.2) is 23.7 Å². The van der Waals surface area contributed by atoms with E-state index >= 15 is 0 Å². The van der Waals surface area contributed by atoms with Crippen molar-refractivity contribution in [2.45, 2.75) is 45.1 Å². The zero-order valence-corrected chi connectivity index (χ0v) is 8.75. The van der Waals surface area contributed by atoms with Gasteiger partial charge in [-0.05, 0) is 32.6 Å². The maximum atomic E-state index is 11.4. The second kappa shape index (κ2) is 5.81. The molecule has 0 aromatic heterocycles. The zero-order chi connectivity index (χ0) is 10.4. The van der Waals surface area contributed by atoms with Gasteiger partial charge in [0.05, 0.1) is 6.61 Å². The number of aliphatic hydroxyl groups is 1. The third-order valence-corrected chi connectivity index (χ3v) is 2.45. The van der Waals surface area contributed by atoms with E-state index < -0.39 is 0 Å². The fourth-order valence-electron chi connectivity index (χ4n) is 1.64. The largest absolute Gasteiger partial charge is 0.394 e. The number of allylic oxidation sites excluding steroid dienone is 1. The van der Waals surface area contributed by atoms with Crippen molar-refractivity contribution in [3.63, 3.8) is 0 Å². The Morgan fingerprint density at radius 1 is 1.64 bits per heavy atom. The molecule has 0 aliphatic heterocycles. The monoisotopic (exact) mass is 197 g/mol. The molecule has 1 aliphatic carbocycles. The van der Waals surface area contributed by atoms with Gasteiger partial charge >= 0.3 is 0 Å². The van der Waals surface area contributed by atoms with Crippen LogP contribution in [0.1, 0.15) is 39.0 Å². The normalized spacial score (nSPS) is 18.6. The summed E-state index contributed by atoms with van der Waals surface area (Å²) in [5, 5.41) is 11.5. The number of hydrogen-bond acceptors (Lipinski definition) is 2. The van der Waals surface area contributed by atoms with E-state index in [1.54, 1.807) is 6.92 Å². The molecule has 1 atom stereocenters. The summed E-state index contributed by atoms with van der Waals surface area (Å²) in [7, 11) is 0. The van der Waals surface area contributed by atoms with Gasteiger partial charge in [-0.15, -0.1) is 0 Å². The Morgan fingerprint density at radius 2 is 2.43 bits per heavy atom. The molecule has 0 bridgehead atoms. The van der Waals surface area contributed by atoms with Crippen LogP contribution >= 0.6 is 0 Å². The number of aliphatic hydroxyl groups excluding tert-OH is 1. The van der Waals surface area contributed by atoms with E-state index in [4.69, 9.17) is 5.11 Å². The number of carbonyl (C=O) groups excluding carboxylic acids is 1. The molecular formula is C11H19NO2. The van der Waals surface area contributed by atoms with Gasteiger partial charge in [-0.2, -0.15) is 0 Å². The zero-order valence-electron chi connectivity index (χ0n) is 8.75. The maximum Gasteiger partial charge on any atom is 0.224 e. The van der Waals surface area contributed by atoms with Gasteiger partial charge in [-0.1, -0.05) is 11.6 Å². The molecule has 3 heteroatoms. The average molecular weight is 197 g/mol. The van der Waals surface area contributed by atoms with Crippen LogP contribution < -0.4 is 5.32 Å². The van der Waals surface area contributed by atoms with E-state index in [1.165, 1.54) is 18.4 Å². The van der Waals surface area contributed by atoms with Crippen molar-refractivity contribution in [2.24, 2.45) is 0 Å². The Labute approximate surface area is 85.2 Å². The van der Waals surface area contributed by atoms with E-state index in [9.17, 15) is 4.79 Å². The Balaban J connectivity index is 2.29. The summed E-state index contributed by atoms with van der Waals surface area (Å²) in [6.45, 7) is 1.80. The Bertz CT molecular complexity index is 223. The molecule has 0 fully saturated rings. The minimum Gasteiger partial charge on any atom is -0.394 e. The van der Waals surface area contributed by atoms with Gasteiger partial charge < -0.3 is 10.4 Å². The molecule has 0 aromatic rings. The average Bonchev–Trinajstić information content (AvgIpc) is 2.19. The Morgan fingerprint density at radius 3 is 3.00 bits per heavy atom. The number of amides is 1. The molecule has 80 valence electrons. The molecule has 0 saturated carbocycles. The number of carbonyl (C=O) groups is 1. The first-order valence-corrected chi connectivity index (χ1v) is 5.30. The highest BCUT2D eigenvalue weighted by Crippen LogP contribution is 2.19. The summed E-state index contributed by atoms with van der Waals surface area (Å²) < 4.78 is 0. The third kappa shape index (κ3) is 3.92. The lowest BCUT2D eigenvalue weighted by atomic mass is 9.97. The fourth-order valence-corrected chi connectivity index (χ4v) is 1.64. The molecule has 3 nitrogen and oxygen atoms in total. The van der Waals surface area contributed by atoms with Crippen molar-refractivity contribution in [1.82, 2.24) is 5.32 Å². The summed E-state index contributed by atoms with van der Waals surface area (Å²) in [6, 6.07) is -0.133. The quantitative estimate of drug-likeness (QED) is 0.669. The number of nitrogens with one attached hydrogen (secondary N) is 1. The standard InChI is InChI=1S/C11H19NO2/c1-9(8-13)12-11(14)7-10-5-3-2-4-6-10/h5,9,13H,2-4,6-8H2,1H3,(H,12,14)/t9-/m1/s1. The highest BCUT2D eigenvalue weighted by molar-refractivity contribution is 5.78. The predicted molar refractivity (Wildman–Crippen MR) is 55.9 cm³/mol. The van der Waals surface area contributed by atoms with E-state index in [0.717, 1.165) is 12.8 Å². The van der Waals surface area contributed by atoms with Crippen LogP contribution in [0.15, 0.2) is 11.6 Å². The van der Waals surface area contributed by atoms with Crippen molar-refractivity contribution in [1.29, 1.82) is 0 Å². The smallest absolute Gasteiger partial charge is 0.224 e. The molecule has 14 heavy (non-hydrogen) atoms. The molecular weight excluding hydrogens is 178 g/mol. The second-order valence-electron chi connectivity index (χ2n) is 3.94. The fraction of sp³-hybridized carbons (Fsp3) is 0.727. The van der Waals surface area contributed by atoms with Crippen LogP contribution in [0.3, 0.4) is 0 Å². The lowest BCUT2D eigenvalue weighted by Gasteiger charge is -2.14. The first-order valence-electron chi connectivity index (χ1n) is 5.30. The van der Waals surface area contributed by atoms with Crippen LogP contribution in [0.2, 0.25) is 0 Å². The minimum atomic E-state index is -0.133. The Kier molecular flexibility index (Phi) is 4.66. The molecule has 1 rings (SSSR count). The van der Waals surface area contributed by atoms with Gasteiger partial charge in [0.25, 0.3) is 0 Å².